The second-order valence-corrected chi connectivity index (χ2v) is 10.7. The molecule has 0 saturated carbocycles. The van der Waals surface area contributed by atoms with E-state index in [4.69, 9.17) is 11.6 Å². The zero-order valence-electron chi connectivity index (χ0n) is 15.3. The van der Waals surface area contributed by atoms with Crippen molar-refractivity contribution in [2.45, 2.75) is 29.2 Å². The summed E-state index contributed by atoms with van der Waals surface area (Å²) in [6, 6.07) is 3.93. The topological polar surface area (TPSA) is 70.8 Å². The van der Waals surface area contributed by atoms with Crippen LogP contribution >= 0.6 is 22.9 Å². The predicted octanol–water partition coefficient (Wildman–Crippen LogP) is 2.87. The van der Waals surface area contributed by atoms with E-state index in [1.54, 1.807) is 22.9 Å². The smallest absolute Gasteiger partial charge is 0.206 e. The zero-order valence-corrected chi connectivity index (χ0v) is 17.7. The number of likely N-dealkylation sites (tertiary alicyclic amines) is 1. The SMILES string of the molecule is CN1CCCC(N2CC(S(=O)(=O)c3c(Cl)nc4sccn34)c3cccnc32)C1. The molecule has 5 rings (SSSR count). The van der Waals surface area contributed by atoms with Gasteiger partial charge in [0.1, 0.15) is 11.1 Å². The molecule has 148 valence electrons. The van der Waals surface area contributed by atoms with Crippen LogP contribution in [-0.2, 0) is 9.84 Å². The molecule has 0 N–H and O–H groups in total. The van der Waals surface area contributed by atoms with Crippen molar-refractivity contribution in [3.63, 3.8) is 0 Å². The third kappa shape index (κ3) is 2.75. The van der Waals surface area contributed by atoms with E-state index >= 15 is 0 Å². The molecule has 2 aliphatic rings. The Morgan fingerprint density at radius 3 is 3.00 bits per heavy atom. The van der Waals surface area contributed by atoms with Crippen molar-refractivity contribution in [1.82, 2.24) is 19.3 Å². The Morgan fingerprint density at radius 1 is 1.32 bits per heavy atom. The number of nitrogens with zero attached hydrogens (tertiary/aromatic N) is 5. The van der Waals surface area contributed by atoms with Gasteiger partial charge >= 0.3 is 0 Å². The van der Waals surface area contributed by atoms with Gasteiger partial charge in [-0.25, -0.2) is 18.4 Å². The third-order valence-electron chi connectivity index (χ3n) is 5.66. The molecule has 2 aliphatic heterocycles. The number of hydrogen-bond donors (Lipinski definition) is 0. The number of piperidine rings is 1. The number of pyridine rings is 1. The molecule has 2 atom stereocenters. The quantitative estimate of drug-likeness (QED) is 0.627. The van der Waals surface area contributed by atoms with Crippen LogP contribution in [0.3, 0.4) is 0 Å². The average Bonchev–Trinajstić information content (AvgIpc) is 3.33. The molecule has 28 heavy (non-hydrogen) atoms. The van der Waals surface area contributed by atoms with Crippen LogP contribution in [0.1, 0.15) is 23.7 Å². The molecular formula is C18H20ClN5O2S2. The lowest BCUT2D eigenvalue weighted by Crippen LogP contribution is -2.46. The Bertz CT molecular complexity index is 1140. The van der Waals surface area contributed by atoms with Crippen molar-refractivity contribution in [3.8, 4) is 0 Å². The lowest BCUT2D eigenvalue weighted by molar-refractivity contribution is 0.245. The normalized spacial score (nSPS) is 23.4. The van der Waals surface area contributed by atoms with E-state index in [2.05, 4.69) is 26.8 Å². The number of sulfone groups is 1. The van der Waals surface area contributed by atoms with E-state index in [1.165, 1.54) is 11.3 Å². The summed E-state index contributed by atoms with van der Waals surface area (Å²) in [4.78, 5) is 13.8. The van der Waals surface area contributed by atoms with Gasteiger partial charge in [0, 0.05) is 42.5 Å². The first kappa shape index (κ1) is 18.4. The van der Waals surface area contributed by atoms with E-state index in [0.717, 1.165) is 37.3 Å². The summed E-state index contributed by atoms with van der Waals surface area (Å²) >= 11 is 7.63. The fourth-order valence-electron chi connectivity index (χ4n) is 4.37. The highest BCUT2D eigenvalue weighted by atomic mass is 35.5. The Kier molecular flexibility index (Phi) is 4.38. The number of likely N-dealkylation sites (N-methyl/N-ethyl adjacent to an activating group) is 1. The van der Waals surface area contributed by atoms with Crippen LogP contribution in [0.15, 0.2) is 34.9 Å². The van der Waals surface area contributed by atoms with Crippen LogP contribution in [0, 0.1) is 0 Å². The molecule has 7 nitrogen and oxygen atoms in total. The minimum atomic E-state index is -3.74. The molecule has 0 aromatic carbocycles. The first-order chi connectivity index (χ1) is 13.5. The van der Waals surface area contributed by atoms with Crippen molar-refractivity contribution >= 4 is 43.6 Å². The average molecular weight is 438 g/mol. The van der Waals surface area contributed by atoms with Gasteiger partial charge in [-0.3, -0.25) is 4.40 Å². The Labute approximate surface area is 172 Å². The standard InChI is InChI=1S/C18H20ClN5O2S2/c1-22-7-3-4-12(10-22)24-11-14(13-5-2-6-20-16(13)24)28(25,26)17-15(19)21-18-23(17)8-9-27-18/h2,5-6,8-9,12,14H,3-4,7,10-11H2,1H3. The second kappa shape index (κ2) is 6.69. The summed E-state index contributed by atoms with van der Waals surface area (Å²) in [5, 5.41) is 1.22. The molecule has 0 spiro atoms. The molecule has 0 radical (unpaired) electrons. The largest absolute Gasteiger partial charge is 0.350 e. The number of hydrogen-bond acceptors (Lipinski definition) is 7. The zero-order chi connectivity index (χ0) is 19.5. The van der Waals surface area contributed by atoms with Crippen molar-refractivity contribution < 1.29 is 8.42 Å². The Hall–Kier alpha value is -1.68. The summed E-state index contributed by atoms with van der Waals surface area (Å²) < 4.78 is 28.9. The van der Waals surface area contributed by atoms with Gasteiger partial charge in [-0.1, -0.05) is 17.7 Å². The molecule has 0 amide bonds. The van der Waals surface area contributed by atoms with Gasteiger partial charge in [-0.05, 0) is 32.5 Å². The fraction of sp³-hybridized carbons (Fsp3) is 0.444. The lowest BCUT2D eigenvalue weighted by Gasteiger charge is -2.36. The highest BCUT2D eigenvalue weighted by Gasteiger charge is 2.44. The first-order valence-electron chi connectivity index (χ1n) is 9.22. The van der Waals surface area contributed by atoms with Crippen LogP contribution in [0.2, 0.25) is 5.15 Å². The van der Waals surface area contributed by atoms with Crippen molar-refractivity contribution in [3.05, 3.63) is 40.6 Å². The summed E-state index contributed by atoms with van der Waals surface area (Å²) in [5.74, 6) is 0.776. The number of halogens is 1. The fourth-order valence-corrected chi connectivity index (χ4v) is 7.54. The van der Waals surface area contributed by atoms with Crippen molar-refractivity contribution in [1.29, 1.82) is 0 Å². The van der Waals surface area contributed by atoms with E-state index < -0.39 is 15.1 Å². The van der Waals surface area contributed by atoms with E-state index in [9.17, 15) is 8.42 Å². The summed E-state index contributed by atoms with van der Waals surface area (Å²) in [6.07, 6.45) is 5.57. The maximum Gasteiger partial charge on any atom is 0.206 e. The summed E-state index contributed by atoms with van der Waals surface area (Å²) in [6.45, 7) is 2.37. The maximum absolute atomic E-state index is 13.7. The predicted molar refractivity (Wildman–Crippen MR) is 110 cm³/mol. The number of anilines is 1. The summed E-state index contributed by atoms with van der Waals surface area (Å²) in [5.41, 5.74) is 0.747. The number of rotatable bonds is 3. The number of imidazole rings is 1. The van der Waals surface area contributed by atoms with Crippen LogP contribution in [-0.4, -0.2) is 60.4 Å². The molecule has 0 aliphatic carbocycles. The minimum absolute atomic E-state index is 0.0353. The van der Waals surface area contributed by atoms with Crippen LogP contribution < -0.4 is 4.90 Å². The van der Waals surface area contributed by atoms with Gasteiger partial charge in [-0.15, -0.1) is 11.3 Å². The van der Waals surface area contributed by atoms with Crippen molar-refractivity contribution in [2.24, 2.45) is 0 Å². The molecule has 3 aromatic rings. The Morgan fingerprint density at radius 2 is 2.18 bits per heavy atom. The highest BCUT2D eigenvalue weighted by Crippen LogP contribution is 2.43. The maximum atomic E-state index is 13.7. The van der Waals surface area contributed by atoms with E-state index in [0.29, 0.717) is 11.5 Å². The van der Waals surface area contributed by atoms with Crippen LogP contribution in [0.25, 0.3) is 4.96 Å². The van der Waals surface area contributed by atoms with Gasteiger partial charge in [0.25, 0.3) is 0 Å². The van der Waals surface area contributed by atoms with Crippen LogP contribution in [0.4, 0.5) is 5.82 Å². The Balaban J connectivity index is 1.59. The first-order valence-corrected chi connectivity index (χ1v) is 12.0. The lowest BCUT2D eigenvalue weighted by atomic mass is 10.1. The summed E-state index contributed by atoms with van der Waals surface area (Å²) in [7, 11) is -1.63. The second-order valence-electron chi connectivity index (χ2n) is 7.42. The molecule has 1 fully saturated rings. The number of fused-ring (bicyclic) bond motifs is 2. The minimum Gasteiger partial charge on any atom is -0.350 e. The van der Waals surface area contributed by atoms with Gasteiger partial charge < -0.3 is 9.80 Å². The van der Waals surface area contributed by atoms with Gasteiger partial charge in [0.05, 0.1) is 0 Å². The van der Waals surface area contributed by atoms with Crippen LogP contribution in [0.5, 0.6) is 0 Å². The van der Waals surface area contributed by atoms with Gasteiger partial charge in [0.15, 0.2) is 15.1 Å². The van der Waals surface area contributed by atoms with Crippen molar-refractivity contribution in [2.75, 3.05) is 31.6 Å². The number of thiazole rings is 1. The monoisotopic (exact) mass is 437 g/mol. The highest BCUT2D eigenvalue weighted by molar-refractivity contribution is 7.91. The molecule has 0 bridgehead atoms. The molecule has 10 heteroatoms. The van der Waals surface area contributed by atoms with E-state index in [1.807, 2.05) is 11.4 Å². The van der Waals surface area contributed by atoms with Gasteiger partial charge in [0.2, 0.25) is 9.84 Å². The molecule has 1 saturated heterocycles. The number of aromatic nitrogens is 3. The van der Waals surface area contributed by atoms with E-state index in [-0.39, 0.29) is 16.2 Å². The van der Waals surface area contributed by atoms with Gasteiger partial charge in [-0.2, -0.15) is 0 Å². The molecule has 5 heterocycles. The molecule has 3 aromatic heterocycles. The third-order valence-corrected chi connectivity index (χ3v) is 8.87. The molecule has 2 unspecified atom stereocenters. The molecular weight excluding hydrogens is 418 g/mol.